The Morgan fingerprint density at radius 1 is 1.00 bits per heavy atom. The Kier molecular flexibility index (Phi) is 5.42. The van der Waals surface area contributed by atoms with Crippen molar-refractivity contribution in [2.45, 2.75) is 0 Å². The van der Waals surface area contributed by atoms with E-state index >= 15 is 0 Å². The molecule has 0 radical (unpaired) electrons. The van der Waals surface area contributed by atoms with Gasteiger partial charge in [-0.25, -0.2) is 0 Å². The van der Waals surface area contributed by atoms with Crippen molar-refractivity contribution in [2.75, 3.05) is 7.11 Å². The second kappa shape index (κ2) is 5.49. The van der Waals surface area contributed by atoms with Gasteiger partial charge in [0.25, 0.3) is 0 Å². The van der Waals surface area contributed by atoms with Crippen LogP contribution in [0.2, 0.25) is 15.1 Å². The minimum atomic E-state index is -0.132. The number of phenolic OH excluding ortho intramolecular Hbond substituents is 1. The fraction of sp³-hybridized carbons (Fsp3) is 0.143. The Bertz CT molecular complexity index is 240. The van der Waals surface area contributed by atoms with Gasteiger partial charge in [-0.1, -0.05) is 34.8 Å². The van der Waals surface area contributed by atoms with Crippen LogP contribution in [0.3, 0.4) is 0 Å². The van der Waals surface area contributed by atoms with Gasteiger partial charge in [-0.05, 0) is 12.1 Å². The van der Waals surface area contributed by atoms with Gasteiger partial charge in [0.05, 0.1) is 10.0 Å². The fourth-order valence-corrected chi connectivity index (χ4v) is 1.35. The number of halogens is 3. The maximum Gasteiger partial charge on any atom is 0.152 e. The molecule has 12 heavy (non-hydrogen) atoms. The summed E-state index contributed by atoms with van der Waals surface area (Å²) in [4.78, 5) is 0. The minimum Gasteiger partial charge on any atom is -0.505 e. The van der Waals surface area contributed by atoms with E-state index in [-0.39, 0.29) is 15.8 Å². The van der Waals surface area contributed by atoms with Gasteiger partial charge >= 0.3 is 0 Å². The highest BCUT2D eigenvalue weighted by Crippen LogP contribution is 2.34. The fourth-order valence-electron chi connectivity index (χ4n) is 0.535. The SMILES string of the molecule is CO.Oc1c(Cl)cc(Cl)cc1Cl. The molecule has 0 heterocycles. The van der Waals surface area contributed by atoms with Gasteiger partial charge < -0.3 is 10.2 Å². The molecule has 5 heteroatoms. The van der Waals surface area contributed by atoms with E-state index < -0.39 is 0 Å². The summed E-state index contributed by atoms with van der Waals surface area (Å²) >= 11 is 16.5. The first-order chi connectivity index (χ1) is 5.61. The first-order valence-corrected chi connectivity index (χ1v) is 4.03. The van der Waals surface area contributed by atoms with Crippen molar-refractivity contribution in [3.63, 3.8) is 0 Å². The number of benzene rings is 1. The van der Waals surface area contributed by atoms with Gasteiger partial charge in [0, 0.05) is 12.1 Å². The van der Waals surface area contributed by atoms with Crippen molar-refractivity contribution in [1.82, 2.24) is 0 Å². The van der Waals surface area contributed by atoms with E-state index in [2.05, 4.69) is 0 Å². The molecule has 0 unspecified atom stereocenters. The molecule has 1 rings (SSSR count). The van der Waals surface area contributed by atoms with Crippen molar-refractivity contribution < 1.29 is 10.2 Å². The number of hydrogen-bond donors (Lipinski definition) is 2. The highest BCUT2D eigenvalue weighted by Gasteiger charge is 2.03. The molecule has 1 aromatic rings. The monoisotopic (exact) mass is 228 g/mol. The number of aliphatic hydroxyl groups excluding tert-OH is 1. The summed E-state index contributed by atoms with van der Waals surface area (Å²) in [5, 5.41) is 16.7. The zero-order chi connectivity index (χ0) is 9.72. The number of aromatic hydroxyl groups is 1. The zero-order valence-electron chi connectivity index (χ0n) is 6.18. The third kappa shape index (κ3) is 3.07. The van der Waals surface area contributed by atoms with E-state index in [9.17, 15) is 0 Å². The normalized spacial score (nSPS) is 8.75. The molecule has 0 aliphatic carbocycles. The first kappa shape index (κ1) is 11.8. The molecule has 0 aliphatic heterocycles. The molecule has 0 saturated heterocycles. The molecule has 0 amide bonds. The zero-order valence-corrected chi connectivity index (χ0v) is 8.45. The summed E-state index contributed by atoms with van der Waals surface area (Å²) in [5.74, 6) is -0.132. The van der Waals surface area contributed by atoms with Crippen LogP contribution in [0.25, 0.3) is 0 Å². The van der Waals surface area contributed by atoms with Gasteiger partial charge in [-0.15, -0.1) is 0 Å². The van der Waals surface area contributed by atoms with Crippen LogP contribution in [-0.2, 0) is 0 Å². The van der Waals surface area contributed by atoms with Crippen LogP contribution < -0.4 is 0 Å². The second-order valence-corrected chi connectivity index (χ2v) is 2.97. The summed E-state index contributed by atoms with van der Waals surface area (Å²) in [6.45, 7) is 0. The Hall–Kier alpha value is -0.150. The van der Waals surface area contributed by atoms with E-state index in [0.717, 1.165) is 7.11 Å². The Labute approximate surface area is 85.3 Å². The summed E-state index contributed by atoms with van der Waals surface area (Å²) in [5.41, 5.74) is 0. The maximum atomic E-state index is 9.01. The molecule has 1 aromatic carbocycles. The third-order valence-electron chi connectivity index (χ3n) is 0.982. The van der Waals surface area contributed by atoms with Crippen LogP contribution in [0.4, 0.5) is 0 Å². The maximum absolute atomic E-state index is 9.01. The van der Waals surface area contributed by atoms with Gasteiger partial charge in [0.1, 0.15) is 0 Å². The average molecular weight is 229 g/mol. The van der Waals surface area contributed by atoms with Crippen molar-refractivity contribution in [2.24, 2.45) is 0 Å². The average Bonchev–Trinajstić information content (AvgIpc) is 2.04. The Balaban J connectivity index is 0.000000561. The van der Waals surface area contributed by atoms with Crippen LogP contribution in [0, 0.1) is 0 Å². The molecule has 2 N–H and O–H groups in total. The standard InChI is InChI=1S/C6H3Cl3O.CH4O/c7-3-1-4(8)6(10)5(9)2-3;1-2/h1-2,10H;2H,1H3. The lowest BCUT2D eigenvalue weighted by atomic mass is 10.3. The quantitative estimate of drug-likeness (QED) is 0.718. The van der Waals surface area contributed by atoms with E-state index in [0.29, 0.717) is 5.02 Å². The summed E-state index contributed by atoms with van der Waals surface area (Å²) in [6.07, 6.45) is 0. The summed E-state index contributed by atoms with van der Waals surface area (Å²) in [7, 11) is 1.00. The number of hydrogen-bond acceptors (Lipinski definition) is 2. The lowest BCUT2D eigenvalue weighted by Crippen LogP contribution is -1.70. The summed E-state index contributed by atoms with van der Waals surface area (Å²) in [6, 6.07) is 2.84. The molecular formula is C7H7Cl3O2. The van der Waals surface area contributed by atoms with Gasteiger partial charge in [0.15, 0.2) is 5.75 Å². The lowest BCUT2D eigenvalue weighted by Gasteiger charge is -1.98. The molecule has 2 nitrogen and oxygen atoms in total. The van der Waals surface area contributed by atoms with Gasteiger partial charge in [-0.3, -0.25) is 0 Å². The van der Waals surface area contributed by atoms with E-state index in [1.807, 2.05) is 0 Å². The van der Waals surface area contributed by atoms with Crippen molar-refractivity contribution in [3.8, 4) is 5.75 Å². The minimum absolute atomic E-state index is 0.132. The van der Waals surface area contributed by atoms with Crippen LogP contribution in [0.1, 0.15) is 0 Å². The smallest absolute Gasteiger partial charge is 0.152 e. The first-order valence-electron chi connectivity index (χ1n) is 2.89. The van der Waals surface area contributed by atoms with E-state index in [1.54, 1.807) is 0 Å². The highest BCUT2D eigenvalue weighted by atomic mass is 35.5. The van der Waals surface area contributed by atoms with Crippen molar-refractivity contribution in [1.29, 1.82) is 0 Å². The predicted molar refractivity (Wildman–Crippen MR) is 51.3 cm³/mol. The van der Waals surface area contributed by atoms with Crippen molar-refractivity contribution in [3.05, 3.63) is 27.2 Å². The molecule has 0 atom stereocenters. The van der Waals surface area contributed by atoms with Crippen LogP contribution in [0.15, 0.2) is 12.1 Å². The molecule has 0 bridgehead atoms. The van der Waals surface area contributed by atoms with Gasteiger partial charge in [-0.2, -0.15) is 0 Å². The largest absolute Gasteiger partial charge is 0.505 e. The molecule has 0 saturated carbocycles. The molecule has 0 fully saturated rings. The van der Waals surface area contributed by atoms with Crippen LogP contribution in [-0.4, -0.2) is 17.3 Å². The molecule has 0 spiro atoms. The van der Waals surface area contributed by atoms with Crippen LogP contribution >= 0.6 is 34.8 Å². The highest BCUT2D eigenvalue weighted by molar-refractivity contribution is 6.40. The molecule has 68 valence electrons. The Morgan fingerprint density at radius 2 is 1.33 bits per heavy atom. The van der Waals surface area contributed by atoms with Crippen molar-refractivity contribution >= 4 is 34.8 Å². The van der Waals surface area contributed by atoms with E-state index in [1.165, 1.54) is 12.1 Å². The molecular weight excluding hydrogens is 222 g/mol. The number of phenols is 1. The van der Waals surface area contributed by atoms with E-state index in [4.69, 9.17) is 45.0 Å². The predicted octanol–water partition coefficient (Wildman–Crippen LogP) is 2.96. The lowest BCUT2D eigenvalue weighted by molar-refractivity contribution is 0.399. The molecule has 0 aliphatic rings. The second-order valence-electron chi connectivity index (χ2n) is 1.72. The third-order valence-corrected chi connectivity index (χ3v) is 1.78. The number of aliphatic hydroxyl groups is 1. The topological polar surface area (TPSA) is 40.5 Å². The summed E-state index contributed by atoms with van der Waals surface area (Å²) < 4.78 is 0. The Morgan fingerprint density at radius 3 is 1.67 bits per heavy atom. The van der Waals surface area contributed by atoms with Crippen LogP contribution in [0.5, 0.6) is 5.75 Å². The molecule has 0 aromatic heterocycles. The number of rotatable bonds is 0. The van der Waals surface area contributed by atoms with Gasteiger partial charge in [0.2, 0.25) is 0 Å².